The molecule has 6 nitrogen and oxygen atoms in total. The maximum atomic E-state index is 10.8. The molecule has 0 saturated carbocycles. The summed E-state index contributed by atoms with van der Waals surface area (Å²) in [5.41, 5.74) is -0.0254. The van der Waals surface area contributed by atoms with Crippen LogP contribution in [-0.2, 0) is 19.1 Å². The Morgan fingerprint density at radius 1 is 1.29 bits per heavy atom. The van der Waals surface area contributed by atoms with Gasteiger partial charge in [-0.3, -0.25) is 0 Å². The van der Waals surface area contributed by atoms with E-state index in [1.54, 1.807) is 0 Å². The predicted molar refractivity (Wildman–Crippen MR) is 44.3 cm³/mol. The molecule has 0 amide bonds. The molecule has 14 heavy (non-hydrogen) atoms. The van der Waals surface area contributed by atoms with Crippen molar-refractivity contribution < 1.29 is 29.3 Å². The Morgan fingerprint density at radius 2 is 1.79 bits per heavy atom. The van der Waals surface area contributed by atoms with Crippen molar-refractivity contribution in [3.05, 3.63) is 24.0 Å². The van der Waals surface area contributed by atoms with E-state index in [2.05, 4.69) is 11.3 Å². The summed E-state index contributed by atoms with van der Waals surface area (Å²) in [5, 5.41) is 16.6. The molecular weight excluding hydrogens is 192 g/mol. The van der Waals surface area contributed by atoms with Crippen LogP contribution < -0.4 is 0 Å². The molecule has 0 rings (SSSR count). The highest BCUT2D eigenvalue weighted by atomic mass is 16.6. The fraction of sp³-hybridized carbons (Fsp3) is 0.125. The van der Waals surface area contributed by atoms with Gasteiger partial charge < -0.3 is 14.9 Å². The van der Waals surface area contributed by atoms with Crippen LogP contribution in [0.25, 0.3) is 0 Å². The molecule has 0 bridgehead atoms. The zero-order valence-corrected chi connectivity index (χ0v) is 7.31. The van der Waals surface area contributed by atoms with E-state index in [1.807, 2.05) is 0 Å². The number of rotatable bonds is 4. The quantitative estimate of drug-likeness (QED) is 0.380. The summed E-state index contributed by atoms with van der Waals surface area (Å²) >= 11 is 0. The van der Waals surface area contributed by atoms with Crippen LogP contribution in [0.5, 0.6) is 0 Å². The van der Waals surface area contributed by atoms with Crippen LogP contribution in [0.1, 0.15) is 6.92 Å². The lowest BCUT2D eigenvalue weighted by molar-refractivity contribution is -0.146. The Balaban J connectivity index is 4.72. The Kier molecular flexibility index (Phi) is 4.08. The highest BCUT2D eigenvalue weighted by Gasteiger charge is 2.16. The first-order valence-electron chi connectivity index (χ1n) is 3.40. The number of carboxylic acid groups (broad SMARTS) is 2. The summed E-state index contributed by atoms with van der Waals surface area (Å²) in [6, 6.07) is 0. The van der Waals surface area contributed by atoms with E-state index in [1.165, 1.54) is 6.92 Å². The molecule has 2 N–H and O–H groups in total. The smallest absolute Gasteiger partial charge is 0.372 e. The minimum Gasteiger partial charge on any atom is -0.478 e. The van der Waals surface area contributed by atoms with Crippen molar-refractivity contribution in [3.63, 3.8) is 0 Å². The van der Waals surface area contributed by atoms with Gasteiger partial charge in [0.1, 0.15) is 0 Å². The normalized spacial score (nSPS) is 10.5. The molecule has 0 aliphatic heterocycles. The SMILES string of the molecule is C=C(C)C(=O)O/C(=C/C(=O)O)C(=O)O. The number of esters is 1. The average molecular weight is 200 g/mol. The molecule has 0 aromatic carbocycles. The number of hydrogen-bond acceptors (Lipinski definition) is 4. The summed E-state index contributed by atoms with van der Waals surface area (Å²) in [4.78, 5) is 31.3. The van der Waals surface area contributed by atoms with Crippen molar-refractivity contribution >= 4 is 17.9 Å². The molecular formula is C8H8O6. The van der Waals surface area contributed by atoms with Gasteiger partial charge in [-0.2, -0.15) is 0 Å². The number of carbonyl (C=O) groups is 3. The van der Waals surface area contributed by atoms with Crippen LogP contribution in [0, 0.1) is 0 Å². The molecule has 0 saturated heterocycles. The first kappa shape index (κ1) is 11.9. The third kappa shape index (κ3) is 4.05. The summed E-state index contributed by atoms with van der Waals surface area (Å²) < 4.78 is 4.23. The van der Waals surface area contributed by atoms with Gasteiger partial charge in [-0.15, -0.1) is 0 Å². The van der Waals surface area contributed by atoms with E-state index < -0.39 is 23.7 Å². The molecule has 0 aromatic rings. The van der Waals surface area contributed by atoms with Crippen LogP contribution in [0.3, 0.4) is 0 Å². The van der Waals surface area contributed by atoms with Gasteiger partial charge in [0.15, 0.2) is 0 Å². The van der Waals surface area contributed by atoms with Crippen LogP contribution in [0.2, 0.25) is 0 Å². The Labute approximate surface area is 79.1 Å². The van der Waals surface area contributed by atoms with Crippen molar-refractivity contribution in [2.24, 2.45) is 0 Å². The third-order valence-corrected chi connectivity index (χ3v) is 1.02. The summed E-state index contributed by atoms with van der Waals surface area (Å²) in [6.45, 7) is 4.51. The average Bonchev–Trinajstić information content (AvgIpc) is 2.01. The molecule has 0 heterocycles. The van der Waals surface area contributed by atoms with Crippen molar-refractivity contribution in [1.82, 2.24) is 0 Å². The molecule has 0 aliphatic carbocycles. The van der Waals surface area contributed by atoms with Crippen molar-refractivity contribution in [3.8, 4) is 0 Å². The minimum atomic E-state index is -1.64. The molecule has 0 atom stereocenters. The largest absolute Gasteiger partial charge is 0.478 e. The number of aliphatic carboxylic acids is 2. The first-order chi connectivity index (χ1) is 6.34. The van der Waals surface area contributed by atoms with Gasteiger partial charge in [-0.1, -0.05) is 6.58 Å². The lowest BCUT2D eigenvalue weighted by Gasteiger charge is -2.02. The lowest BCUT2D eigenvalue weighted by Crippen LogP contribution is -2.13. The van der Waals surface area contributed by atoms with Crippen molar-refractivity contribution in [1.29, 1.82) is 0 Å². The molecule has 76 valence electrons. The van der Waals surface area contributed by atoms with E-state index in [0.717, 1.165) is 0 Å². The van der Waals surface area contributed by atoms with Crippen molar-refractivity contribution in [2.45, 2.75) is 6.92 Å². The third-order valence-electron chi connectivity index (χ3n) is 1.02. The van der Waals surface area contributed by atoms with E-state index in [4.69, 9.17) is 10.2 Å². The second-order valence-electron chi connectivity index (χ2n) is 2.32. The Morgan fingerprint density at radius 3 is 2.07 bits per heavy atom. The van der Waals surface area contributed by atoms with E-state index in [0.29, 0.717) is 0 Å². The zero-order chi connectivity index (χ0) is 11.3. The van der Waals surface area contributed by atoms with Gasteiger partial charge in [0, 0.05) is 5.57 Å². The zero-order valence-electron chi connectivity index (χ0n) is 7.31. The fourth-order valence-corrected chi connectivity index (χ4v) is 0.434. The summed E-state index contributed by atoms with van der Waals surface area (Å²) in [5.74, 6) is -5.09. The number of carboxylic acids is 2. The molecule has 0 unspecified atom stereocenters. The second-order valence-corrected chi connectivity index (χ2v) is 2.32. The van der Waals surface area contributed by atoms with Crippen LogP contribution in [0.15, 0.2) is 24.0 Å². The van der Waals surface area contributed by atoms with Gasteiger partial charge in [0.2, 0.25) is 5.76 Å². The lowest BCUT2D eigenvalue weighted by atomic mass is 10.3. The van der Waals surface area contributed by atoms with E-state index in [-0.39, 0.29) is 11.6 Å². The molecule has 0 aromatic heterocycles. The molecule has 0 aliphatic rings. The second kappa shape index (κ2) is 4.80. The first-order valence-corrected chi connectivity index (χ1v) is 3.40. The van der Waals surface area contributed by atoms with Crippen LogP contribution in [0.4, 0.5) is 0 Å². The van der Waals surface area contributed by atoms with Gasteiger partial charge in [-0.25, -0.2) is 14.4 Å². The summed E-state index contributed by atoms with van der Waals surface area (Å²) in [6.07, 6.45) is 0.281. The molecule has 0 fully saturated rings. The monoisotopic (exact) mass is 200 g/mol. The van der Waals surface area contributed by atoms with Gasteiger partial charge in [-0.05, 0) is 6.92 Å². The standard InChI is InChI=1S/C8H8O6/c1-4(2)8(13)14-5(7(11)12)3-6(9)10/h3H,1H2,2H3,(H,9,10)(H,11,12)/b5-3+. The van der Waals surface area contributed by atoms with Gasteiger partial charge in [0.05, 0.1) is 6.08 Å². The van der Waals surface area contributed by atoms with Crippen LogP contribution >= 0.6 is 0 Å². The Hall–Kier alpha value is -2.11. The maximum Gasteiger partial charge on any atom is 0.372 e. The predicted octanol–water partition coefficient (Wildman–Crippen LogP) is 0.159. The van der Waals surface area contributed by atoms with E-state index >= 15 is 0 Å². The number of hydrogen-bond donors (Lipinski definition) is 2. The number of carbonyl (C=O) groups excluding carboxylic acids is 1. The maximum absolute atomic E-state index is 10.8. The molecule has 6 heteroatoms. The summed E-state index contributed by atoms with van der Waals surface area (Å²) in [7, 11) is 0. The highest BCUT2D eigenvalue weighted by Crippen LogP contribution is 2.02. The molecule has 0 spiro atoms. The van der Waals surface area contributed by atoms with E-state index in [9.17, 15) is 14.4 Å². The van der Waals surface area contributed by atoms with Crippen LogP contribution in [-0.4, -0.2) is 28.1 Å². The minimum absolute atomic E-state index is 0.0254. The van der Waals surface area contributed by atoms with Gasteiger partial charge in [0.25, 0.3) is 0 Å². The topological polar surface area (TPSA) is 101 Å². The van der Waals surface area contributed by atoms with Gasteiger partial charge >= 0.3 is 17.9 Å². The Bertz CT molecular complexity index is 325. The fourth-order valence-electron chi connectivity index (χ4n) is 0.434. The number of ether oxygens (including phenoxy) is 1. The van der Waals surface area contributed by atoms with Crippen molar-refractivity contribution in [2.75, 3.05) is 0 Å². The highest BCUT2D eigenvalue weighted by molar-refractivity contribution is 5.97. The molecule has 0 radical (unpaired) electrons.